The Kier molecular flexibility index (Phi) is 4.31. The molecule has 104 valence electrons. The molecule has 0 spiro atoms. The van der Waals surface area contributed by atoms with Crippen molar-refractivity contribution < 1.29 is 9.90 Å². The lowest BCUT2D eigenvalue weighted by atomic mass is 9.81. The van der Waals surface area contributed by atoms with Gasteiger partial charge in [0.2, 0.25) is 0 Å². The maximum Gasteiger partial charge on any atom is 0.310 e. The van der Waals surface area contributed by atoms with E-state index in [4.69, 9.17) is 0 Å². The van der Waals surface area contributed by atoms with Crippen molar-refractivity contribution in [1.82, 2.24) is 4.90 Å². The third kappa shape index (κ3) is 2.42. The number of hydrogen-bond donors (Lipinski definition) is 1. The fourth-order valence-electron chi connectivity index (χ4n) is 3.95. The van der Waals surface area contributed by atoms with Crippen molar-refractivity contribution in [3.8, 4) is 0 Å². The lowest BCUT2D eigenvalue weighted by Crippen LogP contribution is -2.43. The highest BCUT2D eigenvalue weighted by molar-refractivity contribution is 5.75. The third-order valence-corrected chi connectivity index (χ3v) is 5.38. The van der Waals surface area contributed by atoms with Crippen molar-refractivity contribution >= 4 is 5.97 Å². The molecule has 3 unspecified atom stereocenters. The second-order valence-corrected chi connectivity index (χ2v) is 6.18. The Balaban J connectivity index is 2.05. The third-order valence-electron chi connectivity index (χ3n) is 5.38. The maximum absolute atomic E-state index is 11.5. The topological polar surface area (TPSA) is 40.5 Å². The molecule has 2 fully saturated rings. The number of rotatable bonds is 4. The minimum absolute atomic E-state index is 0.463. The molecule has 0 aromatic heterocycles. The van der Waals surface area contributed by atoms with Gasteiger partial charge in [0.1, 0.15) is 0 Å². The summed E-state index contributed by atoms with van der Waals surface area (Å²) in [7, 11) is 0. The van der Waals surface area contributed by atoms with E-state index in [1.54, 1.807) is 0 Å². The van der Waals surface area contributed by atoms with Crippen LogP contribution in [0.4, 0.5) is 0 Å². The van der Waals surface area contributed by atoms with Crippen LogP contribution in [0.2, 0.25) is 0 Å². The van der Waals surface area contributed by atoms with E-state index >= 15 is 0 Å². The van der Waals surface area contributed by atoms with Gasteiger partial charge in [0.15, 0.2) is 0 Å². The van der Waals surface area contributed by atoms with E-state index in [2.05, 4.69) is 11.8 Å². The smallest absolute Gasteiger partial charge is 0.310 e. The number of carbonyl (C=O) groups is 1. The Morgan fingerprint density at radius 1 is 1.33 bits per heavy atom. The quantitative estimate of drug-likeness (QED) is 0.836. The predicted molar refractivity (Wildman–Crippen MR) is 72.6 cm³/mol. The lowest BCUT2D eigenvalue weighted by Gasteiger charge is -2.38. The van der Waals surface area contributed by atoms with Crippen LogP contribution in [0.3, 0.4) is 0 Å². The summed E-state index contributed by atoms with van der Waals surface area (Å²) in [5.74, 6) is 0.205. The largest absolute Gasteiger partial charge is 0.481 e. The highest BCUT2D eigenvalue weighted by atomic mass is 16.4. The van der Waals surface area contributed by atoms with Gasteiger partial charge >= 0.3 is 5.97 Å². The van der Waals surface area contributed by atoms with Crippen LogP contribution in [-0.4, -0.2) is 35.1 Å². The van der Waals surface area contributed by atoms with Crippen LogP contribution < -0.4 is 0 Å². The summed E-state index contributed by atoms with van der Waals surface area (Å²) < 4.78 is 0. The first-order chi connectivity index (χ1) is 8.63. The van der Waals surface area contributed by atoms with Gasteiger partial charge in [-0.2, -0.15) is 0 Å². The number of hydrogen-bond acceptors (Lipinski definition) is 2. The minimum atomic E-state index is -0.587. The fourth-order valence-corrected chi connectivity index (χ4v) is 3.95. The molecule has 0 amide bonds. The van der Waals surface area contributed by atoms with Crippen molar-refractivity contribution in [2.45, 2.75) is 64.8 Å². The summed E-state index contributed by atoms with van der Waals surface area (Å²) in [6, 6.07) is 0.650. The number of carboxylic acids is 1. The SMILES string of the molecule is CCC1CCCCC1N1CCC(CC)(C(=O)O)C1. The van der Waals surface area contributed by atoms with Crippen LogP contribution in [-0.2, 0) is 4.79 Å². The van der Waals surface area contributed by atoms with Crippen molar-refractivity contribution in [3.63, 3.8) is 0 Å². The van der Waals surface area contributed by atoms with Gasteiger partial charge in [-0.25, -0.2) is 0 Å². The molecule has 2 aliphatic rings. The molecule has 0 aromatic carbocycles. The van der Waals surface area contributed by atoms with Gasteiger partial charge in [0.25, 0.3) is 0 Å². The zero-order chi connectivity index (χ0) is 13.2. The number of carboxylic acid groups (broad SMARTS) is 1. The molecular weight excluding hydrogens is 226 g/mol. The second kappa shape index (κ2) is 5.60. The van der Waals surface area contributed by atoms with E-state index in [0.29, 0.717) is 6.04 Å². The van der Waals surface area contributed by atoms with Gasteiger partial charge in [-0.1, -0.05) is 33.1 Å². The van der Waals surface area contributed by atoms with Gasteiger partial charge in [-0.3, -0.25) is 9.69 Å². The van der Waals surface area contributed by atoms with Crippen molar-refractivity contribution in [3.05, 3.63) is 0 Å². The molecular formula is C15H27NO2. The Hall–Kier alpha value is -0.570. The van der Waals surface area contributed by atoms with Crippen LogP contribution in [0.15, 0.2) is 0 Å². The van der Waals surface area contributed by atoms with E-state index in [0.717, 1.165) is 31.8 Å². The highest BCUT2D eigenvalue weighted by Gasteiger charge is 2.46. The Bertz CT molecular complexity index is 305. The molecule has 3 heteroatoms. The average molecular weight is 253 g/mol. The van der Waals surface area contributed by atoms with Crippen molar-refractivity contribution in [2.24, 2.45) is 11.3 Å². The fraction of sp³-hybridized carbons (Fsp3) is 0.933. The summed E-state index contributed by atoms with van der Waals surface area (Å²) in [6.07, 6.45) is 8.15. The summed E-state index contributed by atoms with van der Waals surface area (Å²) in [4.78, 5) is 14.0. The van der Waals surface area contributed by atoms with Gasteiger partial charge in [0.05, 0.1) is 5.41 Å². The predicted octanol–water partition coefficient (Wildman–Crippen LogP) is 3.14. The summed E-state index contributed by atoms with van der Waals surface area (Å²) >= 11 is 0. The first kappa shape index (κ1) is 13.9. The Morgan fingerprint density at radius 3 is 2.61 bits per heavy atom. The van der Waals surface area contributed by atoms with E-state index in [1.807, 2.05) is 6.92 Å². The van der Waals surface area contributed by atoms with Crippen LogP contribution in [0, 0.1) is 11.3 Å². The van der Waals surface area contributed by atoms with Crippen molar-refractivity contribution in [2.75, 3.05) is 13.1 Å². The molecule has 18 heavy (non-hydrogen) atoms. The van der Waals surface area contributed by atoms with E-state index in [9.17, 15) is 9.90 Å². The summed E-state index contributed by atoms with van der Waals surface area (Å²) in [5.41, 5.74) is -0.463. The molecule has 1 saturated carbocycles. The van der Waals surface area contributed by atoms with Crippen LogP contribution in [0.25, 0.3) is 0 Å². The van der Waals surface area contributed by atoms with Crippen LogP contribution in [0.1, 0.15) is 58.8 Å². The van der Waals surface area contributed by atoms with Crippen molar-refractivity contribution in [1.29, 1.82) is 0 Å². The molecule has 3 nitrogen and oxygen atoms in total. The van der Waals surface area contributed by atoms with E-state index < -0.39 is 11.4 Å². The molecule has 3 atom stereocenters. The second-order valence-electron chi connectivity index (χ2n) is 6.18. The number of aliphatic carboxylic acids is 1. The molecule has 2 rings (SSSR count). The highest BCUT2D eigenvalue weighted by Crippen LogP contribution is 2.39. The Morgan fingerprint density at radius 2 is 2.06 bits per heavy atom. The number of nitrogens with zero attached hydrogens (tertiary/aromatic N) is 1. The average Bonchev–Trinajstić information content (AvgIpc) is 2.84. The zero-order valence-corrected chi connectivity index (χ0v) is 11.8. The molecule has 1 N–H and O–H groups in total. The van der Waals surface area contributed by atoms with E-state index in [-0.39, 0.29) is 0 Å². The first-order valence-electron chi connectivity index (χ1n) is 7.60. The maximum atomic E-state index is 11.5. The first-order valence-corrected chi connectivity index (χ1v) is 7.60. The standard InChI is InChI=1S/C15H27NO2/c1-3-12-7-5-6-8-13(12)16-10-9-15(4-2,11-16)14(17)18/h12-13H,3-11H2,1-2H3,(H,17,18). The minimum Gasteiger partial charge on any atom is -0.481 e. The summed E-state index contributed by atoms with van der Waals surface area (Å²) in [5, 5.41) is 9.48. The van der Waals surface area contributed by atoms with E-state index in [1.165, 1.54) is 32.1 Å². The zero-order valence-electron chi connectivity index (χ0n) is 11.8. The monoisotopic (exact) mass is 253 g/mol. The van der Waals surface area contributed by atoms with Crippen LogP contribution in [0.5, 0.6) is 0 Å². The molecule has 0 bridgehead atoms. The summed E-state index contributed by atoms with van der Waals surface area (Å²) in [6.45, 7) is 6.07. The molecule has 1 saturated heterocycles. The molecule has 0 radical (unpaired) electrons. The Labute approximate surface area is 111 Å². The molecule has 1 aliphatic carbocycles. The molecule has 1 aliphatic heterocycles. The number of likely N-dealkylation sites (tertiary alicyclic amines) is 1. The van der Waals surface area contributed by atoms with Gasteiger partial charge in [-0.05, 0) is 38.1 Å². The van der Waals surface area contributed by atoms with Crippen LogP contribution >= 0.6 is 0 Å². The normalized spacial score (nSPS) is 37.9. The molecule has 0 aromatic rings. The van der Waals surface area contributed by atoms with Gasteiger partial charge in [-0.15, -0.1) is 0 Å². The molecule has 1 heterocycles. The van der Waals surface area contributed by atoms with Gasteiger partial charge < -0.3 is 5.11 Å². The van der Waals surface area contributed by atoms with Gasteiger partial charge in [0, 0.05) is 12.6 Å². The lowest BCUT2D eigenvalue weighted by molar-refractivity contribution is -0.148.